The Morgan fingerprint density at radius 1 is 0.377 bits per heavy atom. The van der Waals surface area contributed by atoms with Gasteiger partial charge in [0.2, 0.25) is 0 Å². The van der Waals surface area contributed by atoms with E-state index in [-0.39, 0.29) is 11.9 Å². The highest BCUT2D eigenvalue weighted by Gasteiger charge is 2.16. The van der Waals surface area contributed by atoms with Gasteiger partial charge in [0.05, 0.1) is 26.1 Å². The predicted octanol–water partition coefficient (Wildman–Crippen LogP) is 15.0. The summed E-state index contributed by atoms with van der Waals surface area (Å²) >= 11 is 0. The van der Waals surface area contributed by atoms with Crippen molar-refractivity contribution in [1.82, 2.24) is 4.90 Å². The molecule has 0 spiro atoms. The first-order valence-corrected chi connectivity index (χ1v) is 24.0. The lowest BCUT2D eigenvalue weighted by Crippen LogP contribution is -2.30. The molecule has 0 bridgehead atoms. The Kier molecular flexibility index (Phi) is 41.2. The molecule has 0 heterocycles. The minimum Gasteiger partial charge on any atom is -0.465 e. The van der Waals surface area contributed by atoms with Gasteiger partial charge in [-0.05, 0) is 44.1 Å². The maximum atomic E-state index is 12.8. The molecule has 0 saturated carbocycles. The van der Waals surface area contributed by atoms with Crippen molar-refractivity contribution >= 4 is 11.9 Å². The van der Waals surface area contributed by atoms with Crippen LogP contribution in [0.1, 0.15) is 253 Å². The summed E-state index contributed by atoms with van der Waals surface area (Å²) in [4.78, 5) is 27.9. The lowest BCUT2D eigenvalue weighted by molar-refractivity contribution is -0.145. The molecule has 2 unspecified atom stereocenters. The summed E-state index contributed by atoms with van der Waals surface area (Å²) in [5, 5.41) is 0. The molecular weight excluding hydrogens is 655 g/mol. The summed E-state index contributed by atoms with van der Waals surface area (Å²) in [6.07, 6.45) is 42.6. The van der Waals surface area contributed by atoms with Crippen molar-refractivity contribution in [2.45, 2.75) is 253 Å². The Hall–Kier alpha value is -1.10. The number of nitrogens with zero attached hydrogens (tertiary/aromatic N) is 1. The maximum Gasteiger partial charge on any atom is 0.307 e. The molecule has 0 aromatic carbocycles. The van der Waals surface area contributed by atoms with Crippen LogP contribution in [-0.2, 0) is 19.1 Å². The summed E-state index contributed by atoms with van der Waals surface area (Å²) in [7, 11) is 0. The number of rotatable bonds is 43. The molecule has 5 nitrogen and oxygen atoms in total. The Morgan fingerprint density at radius 2 is 0.623 bits per heavy atom. The molecule has 2 atom stereocenters. The number of esters is 2. The molecule has 5 heteroatoms. The van der Waals surface area contributed by atoms with Crippen molar-refractivity contribution < 1.29 is 19.1 Å². The second kappa shape index (κ2) is 42.1. The second-order valence-corrected chi connectivity index (χ2v) is 16.7. The quantitative estimate of drug-likeness (QED) is 0.0459. The highest BCUT2D eigenvalue weighted by Crippen LogP contribution is 2.22. The zero-order chi connectivity index (χ0) is 38.9. The van der Waals surface area contributed by atoms with Gasteiger partial charge >= 0.3 is 11.9 Å². The number of ether oxygens (including phenoxy) is 2. The lowest BCUT2D eigenvalue weighted by atomic mass is 9.94. The zero-order valence-electron chi connectivity index (χ0n) is 36.8. The average molecular weight is 750 g/mol. The largest absolute Gasteiger partial charge is 0.465 e. The maximum absolute atomic E-state index is 12.8. The summed E-state index contributed by atoms with van der Waals surface area (Å²) < 4.78 is 11.8. The zero-order valence-corrected chi connectivity index (χ0v) is 36.8. The van der Waals surface area contributed by atoms with Crippen LogP contribution in [-0.4, -0.2) is 49.7 Å². The predicted molar refractivity (Wildman–Crippen MR) is 231 cm³/mol. The van der Waals surface area contributed by atoms with E-state index >= 15 is 0 Å². The van der Waals surface area contributed by atoms with Gasteiger partial charge in [0.15, 0.2) is 0 Å². The molecule has 0 aromatic heterocycles. The van der Waals surface area contributed by atoms with E-state index in [0.29, 0.717) is 51.0 Å². The van der Waals surface area contributed by atoms with Gasteiger partial charge in [0.1, 0.15) is 0 Å². The normalized spacial score (nSPS) is 12.7. The molecular formula is C48H95NO4. The van der Waals surface area contributed by atoms with E-state index in [4.69, 9.17) is 9.47 Å². The third kappa shape index (κ3) is 37.6. The summed E-state index contributed by atoms with van der Waals surface area (Å²) in [6, 6.07) is 0. The third-order valence-electron chi connectivity index (χ3n) is 11.5. The van der Waals surface area contributed by atoms with Gasteiger partial charge in [-0.2, -0.15) is 0 Å². The molecule has 0 saturated heterocycles. The molecule has 0 aliphatic heterocycles. The molecule has 0 N–H and O–H groups in total. The van der Waals surface area contributed by atoms with Crippen molar-refractivity contribution in [3.8, 4) is 0 Å². The van der Waals surface area contributed by atoms with E-state index < -0.39 is 0 Å². The second-order valence-electron chi connectivity index (χ2n) is 16.7. The summed E-state index contributed by atoms with van der Waals surface area (Å²) in [5.41, 5.74) is 0. The number of carbonyl (C=O) groups excluding carboxylic acids is 2. The van der Waals surface area contributed by atoms with Crippen molar-refractivity contribution in [2.75, 3.05) is 32.8 Å². The highest BCUT2D eigenvalue weighted by atomic mass is 16.5. The van der Waals surface area contributed by atoms with Crippen LogP contribution in [0, 0.1) is 11.8 Å². The van der Waals surface area contributed by atoms with E-state index in [9.17, 15) is 9.59 Å². The van der Waals surface area contributed by atoms with Crippen molar-refractivity contribution in [3.05, 3.63) is 0 Å². The van der Waals surface area contributed by atoms with Crippen molar-refractivity contribution in [3.63, 3.8) is 0 Å². The van der Waals surface area contributed by atoms with Crippen LogP contribution in [0.2, 0.25) is 0 Å². The molecule has 0 aliphatic carbocycles. The topological polar surface area (TPSA) is 55.8 Å². The van der Waals surface area contributed by atoms with Gasteiger partial charge in [-0.15, -0.1) is 0 Å². The molecule has 0 amide bonds. The van der Waals surface area contributed by atoms with Crippen LogP contribution in [0.15, 0.2) is 0 Å². The Morgan fingerprint density at radius 3 is 0.868 bits per heavy atom. The van der Waals surface area contributed by atoms with Gasteiger partial charge in [0, 0.05) is 13.1 Å². The van der Waals surface area contributed by atoms with E-state index in [0.717, 1.165) is 6.54 Å². The molecule has 0 aromatic rings. The third-order valence-corrected chi connectivity index (χ3v) is 11.5. The van der Waals surface area contributed by atoms with Gasteiger partial charge in [0.25, 0.3) is 0 Å². The minimum atomic E-state index is -0.0895. The number of carbonyl (C=O) groups is 2. The molecule has 0 aliphatic rings. The van der Waals surface area contributed by atoms with Crippen LogP contribution in [0.3, 0.4) is 0 Å². The van der Waals surface area contributed by atoms with Gasteiger partial charge < -0.3 is 14.4 Å². The minimum absolute atomic E-state index is 0.0895. The van der Waals surface area contributed by atoms with E-state index in [1.165, 1.54) is 205 Å². The van der Waals surface area contributed by atoms with Crippen LogP contribution in [0.5, 0.6) is 0 Å². The summed E-state index contributed by atoms with van der Waals surface area (Å²) in [5.74, 6) is 0.798. The van der Waals surface area contributed by atoms with Crippen molar-refractivity contribution in [1.29, 1.82) is 0 Å². The standard InChI is InChI=1S/C48H95NO4/c1-6-11-15-19-23-25-29-33-37-45(35-31-27-21-17-13-8-3)43-52-47(50)39-41-49(10-5)42-40-48(51)53-44-46(36-32-28-22-18-14-9-4)38-34-30-26-24-20-16-12-7-2/h45-46H,6-44H2,1-5H3. The van der Waals surface area contributed by atoms with E-state index in [1.807, 2.05) is 0 Å². The average Bonchev–Trinajstić information content (AvgIpc) is 3.16. The fourth-order valence-electron chi connectivity index (χ4n) is 7.68. The Labute approximate surface area is 332 Å². The van der Waals surface area contributed by atoms with E-state index in [1.54, 1.807) is 0 Å². The Bertz CT molecular complexity index is 698. The summed E-state index contributed by atoms with van der Waals surface area (Å²) in [6.45, 7) is 14.5. The number of hydrogen-bond donors (Lipinski definition) is 0. The van der Waals surface area contributed by atoms with Gasteiger partial charge in [-0.1, -0.05) is 214 Å². The van der Waals surface area contributed by atoms with Crippen molar-refractivity contribution in [2.24, 2.45) is 11.8 Å². The van der Waals surface area contributed by atoms with E-state index in [2.05, 4.69) is 39.5 Å². The highest BCUT2D eigenvalue weighted by molar-refractivity contribution is 5.70. The first kappa shape index (κ1) is 51.9. The molecule has 0 rings (SSSR count). The Balaban J connectivity index is 4.57. The first-order valence-electron chi connectivity index (χ1n) is 24.0. The SMILES string of the molecule is CCCCCCCCCCC(CCCCCCCC)COC(=O)CCN(CC)CCC(=O)OCC(CCCCCCCC)CCCCCCCCCC. The fourth-order valence-corrected chi connectivity index (χ4v) is 7.68. The van der Waals surface area contributed by atoms with Crippen LogP contribution >= 0.6 is 0 Å². The van der Waals surface area contributed by atoms with Crippen LogP contribution in [0.4, 0.5) is 0 Å². The lowest BCUT2D eigenvalue weighted by Gasteiger charge is -2.21. The van der Waals surface area contributed by atoms with Crippen LogP contribution < -0.4 is 0 Å². The van der Waals surface area contributed by atoms with Gasteiger partial charge in [-0.3, -0.25) is 9.59 Å². The van der Waals surface area contributed by atoms with Gasteiger partial charge in [-0.25, -0.2) is 0 Å². The molecule has 53 heavy (non-hydrogen) atoms. The monoisotopic (exact) mass is 750 g/mol. The smallest absolute Gasteiger partial charge is 0.307 e. The number of unbranched alkanes of at least 4 members (excludes halogenated alkanes) is 24. The first-order chi connectivity index (χ1) is 26.0. The molecule has 0 fully saturated rings. The van der Waals surface area contributed by atoms with Crippen LogP contribution in [0.25, 0.3) is 0 Å². The number of hydrogen-bond acceptors (Lipinski definition) is 5. The molecule has 316 valence electrons. The molecule has 0 radical (unpaired) electrons. The fraction of sp³-hybridized carbons (Fsp3) is 0.958.